The van der Waals surface area contributed by atoms with Crippen LogP contribution in [0.15, 0.2) is 12.7 Å². The van der Waals surface area contributed by atoms with Crippen molar-refractivity contribution in [3.05, 3.63) is 12.7 Å². The Balaban J connectivity index is 1.25. The molecule has 2 saturated heterocycles. The molecule has 32 heavy (non-hydrogen) atoms. The van der Waals surface area contributed by atoms with E-state index in [-0.39, 0.29) is 18.7 Å². The fraction of sp³-hybridized carbons (Fsp3) is 0.700. The lowest BCUT2D eigenvalue weighted by Crippen LogP contribution is -2.40. The molecule has 4 unspecified atom stereocenters. The van der Waals surface area contributed by atoms with E-state index in [1.165, 1.54) is 12.7 Å². The molecule has 2 aromatic rings. The summed E-state index contributed by atoms with van der Waals surface area (Å²) in [6.07, 6.45) is 2.91. The van der Waals surface area contributed by atoms with Crippen molar-refractivity contribution < 1.29 is 29.2 Å². The molecule has 1 amide bonds. The van der Waals surface area contributed by atoms with E-state index in [0.29, 0.717) is 30.2 Å². The van der Waals surface area contributed by atoms with Crippen LogP contribution in [0, 0.1) is 0 Å². The number of rotatable bonds is 6. The van der Waals surface area contributed by atoms with Gasteiger partial charge >= 0.3 is 6.09 Å². The van der Waals surface area contributed by atoms with Crippen LogP contribution in [0.1, 0.15) is 38.3 Å². The molecule has 5 atom stereocenters. The van der Waals surface area contributed by atoms with Gasteiger partial charge in [0.2, 0.25) is 0 Å². The largest absolute Gasteiger partial charge is 0.446 e. The summed E-state index contributed by atoms with van der Waals surface area (Å²) in [5, 5.41) is 27.0. The number of hydrogen-bond donors (Lipinski definition) is 4. The summed E-state index contributed by atoms with van der Waals surface area (Å²) >= 11 is 0. The first-order valence-electron chi connectivity index (χ1n) is 11.1. The minimum atomic E-state index is -1.22. The molecule has 4 heterocycles. The Bertz CT molecular complexity index is 944. The Morgan fingerprint density at radius 1 is 1.19 bits per heavy atom. The van der Waals surface area contributed by atoms with Crippen molar-refractivity contribution in [2.75, 3.05) is 25.1 Å². The number of fused-ring (bicyclic) bond motifs is 1. The SMILES string of the molecule is O=C(NCC1OC(n2cnc3c(N[C@@H]4CCOC4)ncnc32)C(O)C1O)OC1CCCC1. The van der Waals surface area contributed by atoms with E-state index in [1.807, 2.05) is 0 Å². The van der Waals surface area contributed by atoms with Crippen molar-refractivity contribution in [3.63, 3.8) is 0 Å². The van der Waals surface area contributed by atoms with E-state index in [1.54, 1.807) is 4.57 Å². The zero-order valence-corrected chi connectivity index (χ0v) is 17.6. The second-order valence-electron chi connectivity index (χ2n) is 8.49. The Morgan fingerprint density at radius 3 is 2.81 bits per heavy atom. The van der Waals surface area contributed by atoms with Crippen LogP contribution in [0.3, 0.4) is 0 Å². The van der Waals surface area contributed by atoms with E-state index >= 15 is 0 Å². The lowest BCUT2D eigenvalue weighted by atomic mass is 10.1. The van der Waals surface area contributed by atoms with Gasteiger partial charge in [-0.1, -0.05) is 0 Å². The number of ether oxygens (including phenoxy) is 3. The molecule has 4 N–H and O–H groups in total. The minimum absolute atomic E-state index is 0.0103. The Labute approximate surface area is 184 Å². The highest BCUT2D eigenvalue weighted by atomic mass is 16.6. The number of hydrogen-bond acceptors (Lipinski definition) is 10. The standard InChI is InChI=1S/C20H28N6O6/c27-15-13(7-21-20(29)31-12-3-1-2-4-12)32-19(16(15)28)26-10-24-14-17(22-9-23-18(14)26)25-11-5-6-30-8-11/h9-13,15-16,19,27-28H,1-8H2,(H,21,29)(H,22,23,25)/t11-,13?,15?,16?,19?/m1/s1. The number of nitrogens with one attached hydrogen (secondary N) is 2. The number of imidazole rings is 1. The first kappa shape index (κ1) is 21.3. The van der Waals surface area contributed by atoms with Crippen molar-refractivity contribution in [2.24, 2.45) is 0 Å². The average molecular weight is 448 g/mol. The molecule has 5 rings (SSSR count). The maximum Gasteiger partial charge on any atom is 0.407 e. The van der Waals surface area contributed by atoms with Crippen molar-refractivity contribution >= 4 is 23.1 Å². The van der Waals surface area contributed by atoms with Crippen LogP contribution in [0.4, 0.5) is 10.6 Å². The molecule has 0 bridgehead atoms. The summed E-state index contributed by atoms with van der Waals surface area (Å²) in [5.74, 6) is 0.574. The lowest BCUT2D eigenvalue weighted by molar-refractivity contribution is -0.0343. The van der Waals surface area contributed by atoms with Gasteiger partial charge in [-0.05, 0) is 32.1 Å². The summed E-state index contributed by atoms with van der Waals surface area (Å²) in [7, 11) is 0. The van der Waals surface area contributed by atoms with Crippen molar-refractivity contribution in [3.8, 4) is 0 Å². The second-order valence-corrected chi connectivity index (χ2v) is 8.49. The molecule has 0 spiro atoms. The molecule has 1 saturated carbocycles. The first-order valence-corrected chi connectivity index (χ1v) is 11.1. The van der Waals surface area contributed by atoms with Gasteiger partial charge in [-0.15, -0.1) is 0 Å². The van der Waals surface area contributed by atoms with Gasteiger partial charge in [-0.2, -0.15) is 0 Å². The summed E-state index contributed by atoms with van der Waals surface area (Å²) in [6.45, 7) is 1.31. The highest BCUT2D eigenvalue weighted by Crippen LogP contribution is 2.32. The molecule has 1 aliphatic carbocycles. The predicted molar refractivity (Wildman–Crippen MR) is 111 cm³/mol. The molecule has 174 valence electrons. The molecule has 3 aliphatic rings. The second kappa shape index (κ2) is 9.14. The van der Waals surface area contributed by atoms with Crippen molar-refractivity contribution in [1.82, 2.24) is 24.8 Å². The number of aromatic nitrogens is 4. The molecule has 3 fully saturated rings. The van der Waals surface area contributed by atoms with Crippen LogP contribution < -0.4 is 10.6 Å². The number of aliphatic hydroxyl groups excluding tert-OH is 2. The first-order chi connectivity index (χ1) is 15.6. The molecule has 0 aromatic carbocycles. The summed E-state index contributed by atoms with van der Waals surface area (Å²) in [4.78, 5) is 25.0. The van der Waals surface area contributed by atoms with Crippen LogP contribution in [-0.4, -0.2) is 86.0 Å². The Kier molecular flexibility index (Phi) is 6.09. The third-order valence-corrected chi connectivity index (χ3v) is 6.26. The van der Waals surface area contributed by atoms with E-state index in [2.05, 4.69) is 25.6 Å². The normalized spacial score (nSPS) is 30.8. The van der Waals surface area contributed by atoms with Crippen LogP contribution >= 0.6 is 0 Å². The molecule has 2 aliphatic heterocycles. The quantitative estimate of drug-likeness (QED) is 0.486. The smallest absolute Gasteiger partial charge is 0.407 e. The molecular weight excluding hydrogens is 420 g/mol. The maximum absolute atomic E-state index is 12.0. The van der Waals surface area contributed by atoms with E-state index < -0.39 is 30.6 Å². The van der Waals surface area contributed by atoms with E-state index in [9.17, 15) is 15.0 Å². The van der Waals surface area contributed by atoms with Crippen molar-refractivity contribution in [1.29, 1.82) is 0 Å². The Hall–Kier alpha value is -2.54. The van der Waals surface area contributed by atoms with Gasteiger partial charge in [0, 0.05) is 13.2 Å². The third kappa shape index (κ3) is 4.22. The van der Waals surface area contributed by atoms with Gasteiger partial charge in [-0.3, -0.25) is 4.57 Å². The number of carbonyl (C=O) groups excluding carboxylic acids is 1. The maximum atomic E-state index is 12.0. The van der Waals surface area contributed by atoms with Gasteiger partial charge in [-0.25, -0.2) is 19.7 Å². The predicted octanol–water partition coefficient (Wildman–Crippen LogP) is 0.315. The van der Waals surface area contributed by atoms with E-state index in [0.717, 1.165) is 32.1 Å². The average Bonchev–Trinajstić information content (AvgIpc) is 3.58. The number of carbonyl (C=O) groups is 1. The molecule has 12 heteroatoms. The van der Waals surface area contributed by atoms with Gasteiger partial charge in [0.15, 0.2) is 23.2 Å². The van der Waals surface area contributed by atoms with E-state index in [4.69, 9.17) is 14.2 Å². The van der Waals surface area contributed by atoms with Crippen LogP contribution in [0.5, 0.6) is 0 Å². The zero-order valence-electron chi connectivity index (χ0n) is 17.6. The summed E-state index contributed by atoms with van der Waals surface area (Å²) in [5.41, 5.74) is 0.998. The molecule has 0 radical (unpaired) electrons. The van der Waals surface area contributed by atoms with Gasteiger partial charge < -0.3 is 35.1 Å². The van der Waals surface area contributed by atoms with Crippen LogP contribution in [0.2, 0.25) is 0 Å². The molecule has 12 nitrogen and oxygen atoms in total. The Morgan fingerprint density at radius 2 is 2.03 bits per heavy atom. The van der Waals surface area contributed by atoms with Crippen LogP contribution in [0.25, 0.3) is 11.2 Å². The number of alkyl carbamates (subject to hydrolysis) is 1. The number of aliphatic hydroxyl groups is 2. The minimum Gasteiger partial charge on any atom is -0.446 e. The number of amides is 1. The van der Waals surface area contributed by atoms with Gasteiger partial charge in [0.1, 0.15) is 30.7 Å². The van der Waals surface area contributed by atoms with Crippen LogP contribution in [-0.2, 0) is 14.2 Å². The number of nitrogens with zero attached hydrogens (tertiary/aromatic N) is 4. The molecule has 2 aromatic heterocycles. The lowest BCUT2D eigenvalue weighted by Gasteiger charge is -2.17. The fourth-order valence-corrected chi connectivity index (χ4v) is 4.50. The highest BCUT2D eigenvalue weighted by Gasteiger charge is 2.44. The third-order valence-electron chi connectivity index (χ3n) is 6.26. The highest BCUT2D eigenvalue weighted by molar-refractivity contribution is 5.82. The number of anilines is 1. The van der Waals surface area contributed by atoms with Crippen molar-refractivity contribution in [2.45, 2.75) is 68.8 Å². The fourth-order valence-electron chi connectivity index (χ4n) is 4.50. The monoisotopic (exact) mass is 448 g/mol. The summed E-state index contributed by atoms with van der Waals surface area (Å²) in [6, 6.07) is 0.146. The van der Waals surface area contributed by atoms with Gasteiger partial charge in [0.25, 0.3) is 0 Å². The topological polar surface area (TPSA) is 153 Å². The van der Waals surface area contributed by atoms with Gasteiger partial charge in [0.05, 0.1) is 19.0 Å². The zero-order chi connectivity index (χ0) is 22.1. The molecular formula is C20H28N6O6. The summed E-state index contributed by atoms with van der Waals surface area (Å²) < 4.78 is 18.2.